The summed E-state index contributed by atoms with van der Waals surface area (Å²) in [4.78, 5) is 18.1. The number of nitrogens with zero attached hydrogens (tertiary/aromatic N) is 2. The average Bonchev–Trinajstić information content (AvgIpc) is 2.94. The molecule has 0 radical (unpaired) electrons. The van der Waals surface area contributed by atoms with Crippen molar-refractivity contribution in [1.29, 1.82) is 0 Å². The highest BCUT2D eigenvalue weighted by molar-refractivity contribution is 6.30. The number of aryl methyl sites for hydroxylation is 2. The Morgan fingerprint density at radius 2 is 1.54 bits per heavy atom. The lowest BCUT2D eigenvalue weighted by Gasteiger charge is -2.30. The molecule has 0 saturated carbocycles. The van der Waals surface area contributed by atoms with Gasteiger partial charge >= 0.3 is 0 Å². The molecule has 0 atom stereocenters. The Kier molecular flexibility index (Phi) is 8.02. The van der Waals surface area contributed by atoms with Crippen molar-refractivity contribution in [2.75, 3.05) is 38.8 Å². The highest BCUT2D eigenvalue weighted by Crippen LogP contribution is 2.33. The number of benzene rings is 3. The van der Waals surface area contributed by atoms with Crippen LogP contribution in [0.4, 0.5) is 5.69 Å². The highest BCUT2D eigenvalue weighted by Gasteiger charge is 2.22. The van der Waals surface area contributed by atoms with E-state index in [0.717, 1.165) is 68.1 Å². The standard InChI is InChI=1S/C31H35ClN2O3/c1-36-29-19-24-14-17-33(21-26(24)20-30(29)37-2)15-5-16-34(28-12-10-27(32)11-13-28)31(35)25-9-8-22-6-3-4-7-23(22)18-25/h8-13,18-20H,3-7,14-17,21H2,1-2H3. The minimum atomic E-state index is 0.0523. The lowest BCUT2D eigenvalue weighted by molar-refractivity contribution is 0.0985. The molecule has 0 N–H and O–H groups in total. The zero-order valence-electron chi connectivity index (χ0n) is 21.8. The molecule has 1 heterocycles. The Labute approximate surface area is 224 Å². The molecule has 0 spiro atoms. The number of anilines is 1. The van der Waals surface area contributed by atoms with Crippen LogP contribution in [0.25, 0.3) is 0 Å². The molecule has 37 heavy (non-hydrogen) atoms. The third-order valence-corrected chi connectivity index (χ3v) is 7.88. The predicted octanol–water partition coefficient (Wildman–Crippen LogP) is 6.33. The molecule has 0 fully saturated rings. The van der Waals surface area contributed by atoms with Crippen LogP contribution in [0.1, 0.15) is 51.9 Å². The molecule has 1 aliphatic heterocycles. The van der Waals surface area contributed by atoms with Crippen molar-refractivity contribution in [2.45, 2.75) is 45.1 Å². The van der Waals surface area contributed by atoms with Gasteiger partial charge in [-0.2, -0.15) is 0 Å². The molecule has 0 bridgehead atoms. The molecule has 3 aromatic carbocycles. The van der Waals surface area contributed by atoms with E-state index in [-0.39, 0.29) is 5.91 Å². The van der Waals surface area contributed by atoms with Gasteiger partial charge in [0.25, 0.3) is 5.91 Å². The van der Waals surface area contributed by atoms with Gasteiger partial charge in [0, 0.05) is 42.5 Å². The topological polar surface area (TPSA) is 42.0 Å². The van der Waals surface area contributed by atoms with Gasteiger partial charge in [-0.25, -0.2) is 0 Å². The SMILES string of the molecule is COc1cc2c(cc1OC)CN(CCCN(C(=O)c1ccc3c(c1)CCCC3)c1ccc(Cl)cc1)CC2. The largest absolute Gasteiger partial charge is 0.493 e. The van der Waals surface area contributed by atoms with E-state index in [2.05, 4.69) is 29.2 Å². The van der Waals surface area contributed by atoms with Crippen LogP contribution in [0.5, 0.6) is 11.5 Å². The molecule has 1 amide bonds. The van der Waals surface area contributed by atoms with Gasteiger partial charge in [0.1, 0.15) is 0 Å². The van der Waals surface area contributed by atoms with E-state index in [4.69, 9.17) is 21.1 Å². The van der Waals surface area contributed by atoms with Crippen LogP contribution in [0.15, 0.2) is 54.6 Å². The summed E-state index contributed by atoms with van der Waals surface area (Å²) in [6, 6.07) is 18.0. The maximum absolute atomic E-state index is 13.7. The second-order valence-corrected chi connectivity index (χ2v) is 10.4. The van der Waals surface area contributed by atoms with Gasteiger partial charge in [0.05, 0.1) is 14.2 Å². The zero-order chi connectivity index (χ0) is 25.8. The zero-order valence-corrected chi connectivity index (χ0v) is 22.5. The van der Waals surface area contributed by atoms with Crippen LogP contribution in [-0.2, 0) is 25.8 Å². The summed E-state index contributed by atoms with van der Waals surface area (Å²) >= 11 is 6.15. The minimum Gasteiger partial charge on any atom is -0.493 e. The summed E-state index contributed by atoms with van der Waals surface area (Å²) in [5.41, 5.74) is 6.96. The summed E-state index contributed by atoms with van der Waals surface area (Å²) in [6.07, 6.45) is 6.46. The molecule has 5 rings (SSSR count). The van der Waals surface area contributed by atoms with Gasteiger partial charge in [-0.05, 0) is 109 Å². The van der Waals surface area contributed by atoms with Crippen molar-refractivity contribution in [3.8, 4) is 11.5 Å². The maximum Gasteiger partial charge on any atom is 0.258 e. The van der Waals surface area contributed by atoms with E-state index in [9.17, 15) is 4.79 Å². The van der Waals surface area contributed by atoms with Gasteiger partial charge in [-0.15, -0.1) is 0 Å². The van der Waals surface area contributed by atoms with E-state index in [0.29, 0.717) is 11.6 Å². The van der Waals surface area contributed by atoms with Crippen molar-refractivity contribution in [3.05, 3.63) is 87.4 Å². The first-order valence-electron chi connectivity index (χ1n) is 13.2. The Hall–Kier alpha value is -3.02. The first kappa shape index (κ1) is 25.6. The van der Waals surface area contributed by atoms with E-state index in [1.807, 2.05) is 35.2 Å². The number of rotatable bonds is 8. The third-order valence-electron chi connectivity index (χ3n) is 7.63. The lowest BCUT2D eigenvalue weighted by atomic mass is 9.90. The third kappa shape index (κ3) is 5.78. The van der Waals surface area contributed by atoms with Gasteiger partial charge in [0.2, 0.25) is 0 Å². The highest BCUT2D eigenvalue weighted by atomic mass is 35.5. The maximum atomic E-state index is 13.7. The second-order valence-electron chi connectivity index (χ2n) is 9.98. The van der Waals surface area contributed by atoms with Crippen LogP contribution < -0.4 is 14.4 Å². The fraction of sp³-hybridized carbons (Fsp3) is 0.387. The van der Waals surface area contributed by atoms with Gasteiger partial charge in [0.15, 0.2) is 11.5 Å². The van der Waals surface area contributed by atoms with Crippen molar-refractivity contribution >= 4 is 23.2 Å². The molecule has 6 heteroatoms. The summed E-state index contributed by atoms with van der Waals surface area (Å²) in [5.74, 6) is 1.61. The Morgan fingerprint density at radius 3 is 2.27 bits per heavy atom. The predicted molar refractivity (Wildman–Crippen MR) is 149 cm³/mol. The van der Waals surface area contributed by atoms with Gasteiger partial charge in [-0.3, -0.25) is 9.69 Å². The molecule has 0 saturated heterocycles. The second kappa shape index (κ2) is 11.6. The van der Waals surface area contributed by atoms with Crippen LogP contribution in [0.3, 0.4) is 0 Å². The molecule has 1 aliphatic carbocycles. The van der Waals surface area contributed by atoms with E-state index in [1.54, 1.807) is 14.2 Å². The van der Waals surface area contributed by atoms with Crippen LogP contribution in [0, 0.1) is 0 Å². The number of hydrogen-bond donors (Lipinski definition) is 0. The van der Waals surface area contributed by atoms with Crippen LogP contribution in [0.2, 0.25) is 5.02 Å². The van der Waals surface area contributed by atoms with Gasteiger partial charge < -0.3 is 14.4 Å². The fourth-order valence-electron chi connectivity index (χ4n) is 5.58. The smallest absolute Gasteiger partial charge is 0.258 e. The molecule has 0 unspecified atom stereocenters. The number of carbonyl (C=O) groups excluding carboxylic acids is 1. The monoisotopic (exact) mass is 518 g/mol. The fourth-order valence-corrected chi connectivity index (χ4v) is 5.70. The number of carbonyl (C=O) groups is 1. The van der Waals surface area contributed by atoms with E-state index in [1.165, 1.54) is 35.1 Å². The first-order valence-corrected chi connectivity index (χ1v) is 13.6. The number of hydrogen-bond acceptors (Lipinski definition) is 4. The first-order chi connectivity index (χ1) is 18.1. The Morgan fingerprint density at radius 1 is 0.865 bits per heavy atom. The Balaban J connectivity index is 1.29. The van der Waals surface area contributed by atoms with Crippen molar-refractivity contribution in [1.82, 2.24) is 4.90 Å². The number of fused-ring (bicyclic) bond motifs is 2. The molecular weight excluding hydrogens is 484 g/mol. The molecule has 2 aliphatic rings. The number of methoxy groups -OCH3 is 2. The minimum absolute atomic E-state index is 0.0523. The van der Waals surface area contributed by atoms with Gasteiger partial charge in [-0.1, -0.05) is 17.7 Å². The summed E-state index contributed by atoms with van der Waals surface area (Å²) in [6.45, 7) is 3.42. The number of amides is 1. The van der Waals surface area contributed by atoms with Crippen molar-refractivity contribution in [3.63, 3.8) is 0 Å². The molecule has 3 aromatic rings. The Bertz CT molecular complexity index is 1260. The lowest BCUT2D eigenvalue weighted by Crippen LogP contribution is -2.36. The van der Waals surface area contributed by atoms with E-state index >= 15 is 0 Å². The molecular formula is C31H35ClN2O3. The number of halogens is 1. The van der Waals surface area contributed by atoms with Crippen molar-refractivity contribution < 1.29 is 14.3 Å². The molecule has 194 valence electrons. The quantitative estimate of drug-likeness (QED) is 0.349. The normalized spacial score (nSPS) is 15.0. The summed E-state index contributed by atoms with van der Waals surface area (Å²) in [5, 5.41) is 0.670. The average molecular weight is 519 g/mol. The van der Waals surface area contributed by atoms with Crippen molar-refractivity contribution in [2.24, 2.45) is 0 Å². The molecule has 0 aromatic heterocycles. The van der Waals surface area contributed by atoms with Crippen LogP contribution in [-0.4, -0.2) is 44.7 Å². The summed E-state index contributed by atoms with van der Waals surface area (Å²) < 4.78 is 11.0. The van der Waals surface area contributed by atoms with Crippen LogP contribution >= 0.6 is 11.6 Å². The number of ether oxygens (including phenoxy) is 2. The molecule has 5 nitrogen and oxygen atoms in total. The summed E-state index contributed by atoms with van der Waals surface area (Å²) in [7, 11) is 3.35. The van der Waals surface area contributed by atoms with E-state index < -0.39 is 0 Å².